The largest absolute Gasteiger partial charge is 0.369 e. The van der Waals surface area contributed by atoms with Crippen molar-refractivity contribution in [3.8, 4) is 0 Å². The number of hydrogen-bond acceptors (Lipinski definition) is 4. The molecule has 0 amide bonds. The van der Waals surface area contributed by atoms with Crippen LogP contribution in [0.15, 0.2) is 24.4 Å². The molecule has 0 spiro atoms. The number of likely N-dealkylation sites (N-methyl/N-ethyl adjacent to an activating group) is 1. The number of benzene rings is 1. The van der Waals surface area contributed by atoms with Crippen LogP contribution < -0.4 is 10.2 Å². The molecule has 5 nitrogen and oxygen atoms in total. The average Bonchev–Trinajstić information content (AvgIpc) is 3.04. The zero-order valence-corrected chi connectivity index (χ0v) is 15.3. The monoisotopic (exact) mass is 345 g/mol. The Hall–Kier alpha value is -1.92. The number of nitrogens with zero attached hydrogens (tertiary/aromatic N) is 3. The number of nitrogens with one attached hydrogen (secondary N) is 2. The summed E-state index contributed by atoms with van der Waals surface area (Å²) in [5.74, 6) is -0.183. The minimum absolute atomic E-state index is 0.0533. The lowest BCUT2D eigenvalue weighted by Crippen LogP contribution is -2.46. The third-order valence-corrected chi connectivity index (χ3v) is 5.14. The van der Waals surface area contributed by atoms with E-state index < -0.39 is 0 Å². The Morgan fingerprint density at radius 2 is 2.04 bits per heavy atom. The van der Waals surface area contributed by atoms with Crippen LogP contribution in [0.25, 0.3) is 0 Å². The molecule has 0 bridgehead atoms. The van der Waals surface area contributed by atoms with Gasteiger partial charge < -0.3 is 15.1 Å². The lowest BCUT2D eigenvalue weighted by molar-refractivity contribution is 0.271. The highest BCUT2D eigenvalue weighted by Crippen LogP contribution is 2.28. The molecule has 0 aliphatic carbocycles. The Bertz CT molecular complexity index is 691. The Kier molecular flexibility index (Phi) is 5.71. The van der Waals surface area contributed by atoms with E-state index in [4.69, 9.17) is 0 Å². The van der Waals surface area contributed by atoms with Crippen LogP contribution in [0.3, 0.4) is 0 Å². The van der Waals surface area contributed by atoms with Gasteiger partial charge in [-0.15, -0.1) is 0 Å². The summed E-state index contributed by atoms with van der Waals surface area (Å²) >= 11 is 0. The van der Waals surface area contributed by atoms with E-state index in [2.05, 4.69) is 39.2 Å². The van der Waals surface area contributed by atoms with E-state index in [-0.39, 0.29) is 11.9 Å². The molecule has 0 radical (unpaired) electrons. The third-order valence-electron chi connectivity index (χ3n) is 5.14. The lowest BCUT2D eigenvalue weighted by Gasteiger charge is -2.37. The summed E-state index contributed by atoms with van der Waals surface area (Å²) < 4.78 is 13.9. The van der Waals surface area contributed by atoms with Gasteiger partial charge in [0.2, 0.25) is 0 Å². The van der Waals surface area contributed by atoms with Crippen LogP contribution in [0.4, 0.5) is 10.1 Å². The van der Waals surface area contributed by atoms with Gasteiger partial charge in [0.1, 0.15) is 5.82 Å². The molecule has 1 aliphatic heterocycles. The number of aromatic nitrogens is 2. The normalized spacial score (nSPS) is 17.0. The molecule has 1 saturated heterocycles. The first-order chi connectivity index (χ1) is 12.1. The van der Waals surface area contributed by atoms with Gasteiger partial charge in [0.05, 0.1) is 11.9 Å². The van der Waals surface area contributed by atoms with Gasteiger partial charge in [-0.1, -0.05) is 6.92 Å². The van der Waals surface area contributed by atoms with E-state index >= 15 is 0 Å². The smallest absolute Gasteiger partial charge is 0.123 e. The summed E-state index contributed by atoms with van der Waals surface area (Å²) in [6, 6.07) is 5.21. The van der Waals surface area contributed by atoms with Crippen molar-refractivity contribution in [2.45, 2.75) is 33.4 Å². The van der Waals surface area contributed by atoms with Gasteiger partial charge in [-0.2, -0.15) is 5.10 Å². The van der Waals surface area contributed by atoms with Gasteiger partial charge in [0, 0.05) is 44.5 Å². The highest BCUT2D eigenvalue weighted by Gasteiger charge is 2.21. The highest BCUT2D eigenvalue weighted by molar-refractivity contribution is 5.55. The van der Waals surface area contributed by atoms with Crippen molar-refractivity contribution in [1.29, 1.82) is 0 Å². The number of rotatable bonds is 6. The molecule has 1 aliphatic rings. The van der Waals surface area contributed by atoms with Gasteiger partial charge in [0.25, 0.3) is 0 Å². The summed E-state index contributed by atoms with van der Waals surface area (Å²) in [4.78, 5) is 4.82. The zero-order valence-electron chi connectivity index (χ0n) is 15.3. The summed E-state index contributed by atoms with van der Waals surface area (Å²) in [5, 5.41) is 10.6. The minimum Gasteiger partial charge on any atom is -0.369 e. The van der Waals surface area contributed by atoms with E-state index in [0.717, 1.165) is 55.2 Å². The fraction of sp³-hybridized carbons (Fsp3) is 0.526. The van der Waals surface area contributed by atoms with Crippen LogP contribution in [0.5, 0.6) is 0 Å². The predicted octanol–water partition coefficient (Wildman–Crippen LogP) is 2.85. The zero-order chi connectivity index (χ0) is 17.8. The predicted molar refractivity (Wildman–Crippen MR) is 99.3 cm³/mol. The van der Waals surface area contributed by atoms with Crippen molar-refractivity contribution >= 4 is 5.69 Å². The SMILES string of the molecule is CCN1CCN(c2ccc(F)cc2C(C)NCc2[nH]ncc2C)CC1. The summed E-state index contributed by atoms with van der Waals surface area (Å²) in [5.41, 5.74) is 4.36. The minimum atomic E-state index is -0.183. The Balaban J connectivity index is 1.73. The maximum atomic E-state index is 13.9. The molecule has 2 N–H and O–H groups in total. The van der Waals surface area contributed by atoms with E-state index in [1.54, 1.807) is 12.1 Å². The Morgan fingerprint density at radius 3 is 2.68 bits per heavy atom. The van der Waals surface area contributed by atoms with Crippen LogP contribution in [-0.4, -0.2) is 47.8 Å². The average molecular weight is 345 g/mol. The van der Waals surface area contributed by atoms with Gasteiger partial charge in [-0.3, -0.25) is 5.10 Å². The second-order valence-electron chi connectivity index (χ2n) is 6.76. The fourth-order valence-corrected chi connectivity index (χ4v) is 3.38. The number of anilines is 1. The van der Waals surface area contributed by atoms with Crippen LogP contribution in [0.1, 0.15) is 36.7 Å². The van der Waals surface area contributed by atoms with Gasteiger partial charge in [-0.05, 0) is 49.7 Å². The molecule has 1 unspecified atom stereocenters. The van der Waals surface area contributed by atoms with Crippen LogP contribution in [0, 0.1) is 12.7 Å². The van der Waals surface area contributed by atoms with Crippen molar-refractivity contribution in [3.63, 3.8) is 0 Å². The summed E-state index contributed by atoms with van der Waals surface area (Å²) in [7, 11) is 0. The van der Waals surface area contributed by atoms with E-state index in [9.17, 15) is 4.39 Å². The standard InChI is InChI=1S/C19H28FN5/c1-4-24-7-9-25(10-8-24)19-6-5-16(20)11-17(19)15(3)21-13-18-14(2)12-22-23-18/h5-6,11-12,15,21H,4,7-10,13H2,1-3H3,(H,22,23). The number of H-pyrrole nitrogens is 1. The van der Waals surface area contributed by atoms with Crippen LogP contribution in [-0.2, 0) is 6.54 Å². The number of halogens is 1. The molecule has 1 aromatic carbocycles. The molecule has 2 heterocycles. The summed E-state index contributed by atoms with van der Waals surface area (Å²) in [6.07, 6.45) is 1.82. The van der Waals surface area contributed by atoms with E-state index in [1.807, 2.05) is 19.2 Å². The molecule has 1 fully saturated rings. The second kappa shape index (κ2) is 7.97. The number of hydrogen-bond donors (Lipinski definition) is 2. The van der Waals surface area contributed by atoms with Crippen LogP contribution >= 0.6 is 0 Å². The maximum Gasteiger partial charge on any atom is 0.123 e. The number of aromatic amines is 1. The molecule has 1 atom stereocenters. The van der Waals surface area contributed by atoms with Crippen molar-refractivity contribution in [3.05, 3.63) is 47.0 Å². The van der Waals surface area contributed by atoms with E-state index in [1.165, 1.54) is 0 Å². The van der Waals surface area contributed by atoms with Crippen molar-refractivity contribution in [2.24, 2.45) is 0 Å². The van der Waals surface area contributed by atoms with Gasteiger partial charge >= 0.3 is 0 Å². The van der Waals surface area contributed by atoms with Gasteiger partial charge in [-0.25, -0.2) is 4.39 Å². The Labute approximate surface area is 149 Å². The molecule has 2 aromatic rings. The van der Waals surface area contributed by atoms with Crippen molar-refractivity contribution < 1.29 is 4.39 Å². The van der Waals surface area contributed by atoms with Crippen LogP contribution in [0.2, 0.25) is 0 Å². The quantitative estimate of drug-likeness (QED) is 0.845. The molecule has 6 heteroatoms. The molecule has 25 heavy (non-hydrogen) atoms. The number of aryl methyl sites for hydroxylation is 1. The molecular weight excluding hydrogens is 317 g/mol. The first kappa shape index (κ1) is 17.9. The van der Waals surface area contributed by atoms with Crippen molar-refractivity contribution in [2.75, 3.05) is 37.6 Å². The fourth-order valence-electron chi connectivity index (χ4n) is 3.38. The molecule has 1 aromatic heterocycles. The van der Waals surface area contributed by atoms with E-state index in [0.29, 0.717) is 6.54 Å². The topological polar surface area (TPSA) is 47.2 Å². The Morgan fingerprint density at radius 1 is 1.28 bits per heavy atom. The molecular formula is C19H28FN5. The third kappa shape index (κ3) is 4.19. The first-order valence-electron chi connectivity index (χ1n) is 9.07. The first-order valence-corrected chi connectivity index (χ1v) is 9.07. The summed E-state index contributed by atoms with van der Waals surface area (Å²) in [6.45, 7) is 12.2. The lowest BCUT2D eigenvalue weighted by atomic mass is 10.0. The second-order valence-corrected chi connectivity index (χ2v) is 6.76. The highest BCUT2D eigenvalue weighted by atomic mass is 19.1. The molecule has 0 saturated carbocycles. The van der Waals surface area contributed by atoms with Crippen molar-refractivity contribution in [1.82, 2.24) is 20.4 Å². The maximum absolute atomic E-state index is 13.9. The molecule has 136 valence electrons. The van der Waals surface area contributed by atoms with Gasteiger partial charge in [0.15, 0.2) is 0 Å². The number of piperazine rings is 1. The molecule has 3 rings (SSSR count).